The molecule has 0 atom stereocenters. The molecule has 0 unspecified atom stereocenters. The normalized spacial score (nSPS) is 10.1. The molecule has 16 heavy (non-hydrogen) atoms. The van der Waals surface area contributed by atoms with Crippen LogP contribution >= 0.6 is 11.8 Å². The summed E-state index contributed by atoms with van der Waals surface area (Å²) in [6.45, 7) is 0.749. The molecular weight excluding hydrogens is 218 g/mol. The number of hydrogen-bond acceptors (Lipinski definition) is 4. The monoisotopic (exact) mass is 231 g/mol. The number of rotatable bonds is 4. The van der Waals surface area contributed by atoms with Gasteiger partial charge in [-0.2, -0.15) is 0 Å². The van der Waals surface area contributed by atoms with Crippen LogP contribution in [-0.2, 0) is 6.54 Å². The number of benzene rings is 1. The van der Waals surface area contributed by atoms with Gasteiger partial charge in [-0.1, -0.05) is 0 Å². The predicted octanol–water partition coefficient (Wildman–Crippen LogP) is 2.81. The summed E-state index contributed by atoms with van der Waals surface area (Å²) in [5.74, 6) is 0. The average molecular weight is 231 g/mol. The van der Waals surface area contributed by atoms with Crippen molar-refractivity contribution in [3.63, 3.8) is 0 Å². The highest BCUT2D eigenvalue weighted by atomic mass is 32.2. The molecule has 1 heterocycles. The van der Waals surface area contributed by atoms with Crippen LogP contribution in [0, 0.1) is 0 Å². The number of hydrogen-bond donors (Lipinski definition) is 1. The largest absolute Gasteiger partial charge is 0.381 e. The van der Waals surface area contributed by atoms with Crippen molar-refractivity contribution in [1.29, 1.82) is 0 Å². The van der Waals surface area contributed by atoms with Crippen molar-refractivity contribution in [3.8, 4) is 0 Å². The lowest BCUT2D eigenvalue weighted by atomic mass is 10.3. The SMILES string of the molecule is CSc1ccc(NCc2cncnc2)cc1. The highest BCUT2D eigenvalue weighted by molar-refractivity contribution is 7.98. The minimum atomic E-state index is 0.749. The van der Waals surface area contributed by atoms with Crippen LogP contribution in [0.25, 0.3) is 0 Å². The van der Waals surface area contributed by atoms with Crippen LogP contribution in [-0.4, -0.2) is 16.2 Å². The summed E-state index contributed by atoms with van der Waals surface area (Å²) in [4.78, 5) is 9.21. The lowest BCUT2D eigenvalue weighted by Crippen LogP contribution is -1.99. The second-order valence-corrected chi connectivity index (χ2v) is 4.21. The van der Waals surface area contributed by atoms with E-state index >= 15 is 0 Å². The minimum absolute atomic E-state index is 0.749. The fourth-order valence-corrected chi connectivity index (χ4v) is 1.74. The minimum Gasteiger partial charge on any atom is -0.381 e. The van der Waals surface area contributed by atoms with Gasteiger partial charge in [0.15, 0.2) is 0 Å². The van der Waals surface area contributed by atoms with Crippen molar-refractivity contribution in [3.05, 3.63) is 48.5 Å². The first-order chi connectivity index (χ1) is 7.88. The van der Waals surface area contributed by atoms with Crippen LogP contribution in [0.1, 0.15) is 5.56 Å². The molecule has 0 spiro atoms. The van der Waals surface area contributed by atoms with Gasteiger partial charge in [0.25, 0.3) is 0 Å². The van der Waals surface area contributed by atoms with E-state index in [1.165, 1.54) is 11.2 Å². The molecule has 2 aromatic rings. The van der Waals surface area contributed by atoms with Crippen LogP contribution in [0.2, 0.25) is 0 Å². The first kappa shape index (κ1) is 11.0. The highest BCUT2D eigenvalue weighted by Gasteiger charge is 1.94. The Kier molecular flexibility index (Phi) is 3.77. The van der Waals surface area contributed by atoms with E-state index in [0.29, 0.717) is 0 Å². The van der Waals surface area contributed by atoms with Gasteiger partial charge in [-0.05, 0) is 30.5 Å². The molecule has 0 aliphatic carbocycles. The van der Waals surface area contributed by atoms with Crippen molar-refractivity contribution in [2.24, 2.45) is 0 Å². The summed E-state index contributed by atoms with van der Waals surface area (Å²) in [5, 5.41) is 3.32. The molecule has 3 nitrogen and oxygen atoms in total. The summed E-state index contributed by atoms with van der Waals surface area (Å²) in [6.07, 6.45) is 7.24. The zero-order chi connectivity index (χ0) is 11.2. The Morgan fingerprint density at radius 1 is 1.12 bits per heavy atom. The molecule has 0 radical (unpaired) electrons. The Morgan fingerprint density at radius 3 is 2.44 bits per heavy atom. The maximum absolute atomic E-state index is 3.97. The van der Waals surface area contributed by atoms with E-state index in [9.17, 15) is 0 Å². The van der Waals surface area contributed by atoms with Crippen molar-refractivity contribution in [2.75, 3.05) is 11.6 Å². The van der Waals surface area contributed by atoms with Gasteiger partial charge in [0.05, 0.1) is 0 Å². The third-order valence-electron chi connectivity index (χ3n) is 2.20. The molecular formula is C12H13N3S. The quantitative estimate of drug-likeness (QED) is 0.821. The molecule has 1 aromatic heterocycles. The molecule has 0 aliphatic heterocycles. The Balaban J connectivity index is 1.94. The molecule has 0 bridgehead atoms. The molecule has 0 fully saturated rings. The summed E-state index contributed by atoms with van der Waals surface area (Å²) < 4.78 is 0. The van der Waals surface area contributed by atoms with Gasteiger partial charge in [-0.25, -0.2) is 9.97 Å². The van der Waals surface area contributed by atoms with Gasteiger partial charge in [0.2, 0.25) is 0 Å². The summed E-state index contributed by atoms with van der Waals surface area (Å²) in [7, 11) is 0. The lowest BCUT2D eigenvalue weighted by Gasteiger charge is -2.06. The Hall–Kier alpha value is -1.55. The average Bonchev–Trinajstić information content (AvgIpc) is 2.38. The maximum Gasteiger partial charge on any atom is 0.115 e. The van der Waals surface area contributed by atoms with Crippen LogP contribution in [0.4, 0.5) is 5.69 Å². The molecule has 82 valence electrons. The highest BCUT2D eigenvalue weighted by Crippen LogP contribution is 2.17. The van der Waals surface area contributed by atoms with E-state index in [1.807, 2.05) is 12.4 Å². The summed E-state index contributed by atoms with van der Waals surface area (Å²) in [5.41, 5.74) is 2.19. The van der Waals surface area contributed by atoms with Gasteiger partial charge < -0.3 is 5.32 Å². The number of nitrogens with zero attached hydrogens (tertiary/aromatic N) is 2. The maximum atomic E-state index is 3.97. The van der Waals surface area contributed by atoms with Crippen LogP contribution < -0.4 is 5.32 Å². The molecule has 4 heteroatoms. The van der Waals surface area contributed by atoms with Crippen molar-refractivity contribution >= 4 is 17.4 Å². The fraction of sp³-hybridized carbons (Fsp3) is 0.167. The van der Waals surface area contributed by atoms with E-state index in [1.54, 1.807) is 11.8 Å². The molecule has 2 rings (SSSR count). The Bertz CT molecular complexity index is 428. The van der Waals surface area contributed by atoms with Crippen LogP contribution in [0.5, 0.6) is 0 Å². The van der Waals surface area contributed by atoms with Gasteiger partial charge in [0, 0.05) is 35.1 Å². The molecule has 0 aliphatic rings. The summed E-state index contributed by atoms with van der Waals surface area (Å²) in [6, 6.07) is 8.37. The third kappa shape index (κ3) is 2.97. The first-order valence-electron chi connectivity index (χ1n) is 5.00. The van der Waals surface area contributed by atoms with Gasteiger partial charge in [-0.3, -0.25) is 0 Å². The number of thioether (sulfide) groups is 1. The second kappa shape index (κ2) is 5.51. The third-order valence-corrected chi connectivity index (χ3v) is 2.94. The van der Waals surface area contributed by atoms with Crippen LogP contribution in [0.15, 0.2) is 47.9 Å². The predicted molar refractivity (Wildman–Crippen MR) is 67.6 cm³/mol. The van der Waals surface area contributed by atoms with Crippen molar-refractivity contribution in [2.45, 2.75) is 11.4 Å². The standard InChI is InChI=1S/C12H13N3S/c1-16-12-4-2-11(3-5-12)15-8-10-6-13-9-14-7-10/h2-7,9,15H,8H2,1H3. The number of aromatic nitrogens is 2. The zero-order valence-electron chi connectivity index (χ0n) is 9.05. The lowest BCUT2D eigenvalue weighted by molar-refractivity contribution is 1.05. The zero-order valence-corrected chi connectivity index (χ0v) is 9.87. The first-order valence-corrected chi connectivity index (χ1v) is 6.23. The molecule has 1 N–H and O–H groups in total. The Morgan fingerprint density at radius 2 is 1.81 bits per heavy atom. The number of anilines is 1. The van der Waals surface area contributed by atoms with E-state index in [0.717, 1.165) is 17.8 Å². The fourth-order valence-electron chi connectivity index (χ4n) is 1.33. The van der Waals surface area contributed by atoms with Crippen molar-refractivity contribution < 1.29 is 0 Å². The molecule has 0 saturated heterocycles. The number of nitrogens with one attached hydrogen (secondary N) is 1. The second-order valence-electron chi connectivity index (χ2n) is 3.33. The van der Waals surface area contributed by atoms with Gasteiger partial charge in [-0.15, -0.1) is 11.8 Å². The van der Waals surface area contributed by atoms with E-state index in [2.05, 4.69) is 45.8 Å². The molecule has 1 aromatic carbocycles. The van der Waals surface area contributed by atoms with E-state index < -0.39 is 0 Å². The van der Waals surface area contributed by atoms with E-state index in [4.69, 9.17) is 0 Å². The van der Waals surface area contributed by atoms with E-state index in [-0.39, 0.29) is 0 Å². The van der Waals surface area contributed by atoms with Gasteiger partial charge >= 0.3 is 0 Å². The molecule has 0 saturated carbocycles. The topological polar surface area (TPSA) is 37.8 Å². The van der Waals surface area contributed by atoms with Crippen LogP contribution in [0.3, 0.4) is 0 Å². The molecule has 0 amide bonds. The van der Waals surface area contributed by atoms with Crippen molar-refractivity contribution in [1.82, 2.24) is 9.97 Å². The smallest absolute Gasteiger partial charge is 0.115 e. The van der Waals surface area contributed by atoms with Gasteiger partial charge in [0.1, 0.15) is 6.33 Å². The summed E-state index contributed by atoms with van der Waals surface area (Å²) >= 11 is 1.74. The Labute approximate surface area is 99.3 Å².